The molecule has 0 saturated heterocycles. The van der Waals surface area contributed by atoms with Crippen molar-refractivity contribution >= 4 is 11.8 Å². The minimum atomic E-state index is 0.325. The first-order valence-electron chi connectivity index (χ1n) is 7.15. The molecule has 2 rings (SSSR count). The molecule has 106 valence electrons. The Morgan fingerprint density at radius 1 is 0.800 bits per heavy atom. The molecule has 2 heteroatoms. The maximum absolute atomic E-state index is 3.50. The zero-order chi connectivity index (χ0) is 14.4. The van der Waals surface area contributed by atoms with Crippen molar-refractivity contribution in [1.82, 2.24) is 5.32 Å². The molecular formula is C18H23NS. The van der Waals surface area contributed by atoms with Gasteiger partial charge in [0.2, 0.25) is 0 Å². The number of rotatable bonds is 6. The standard InChI is InChI=1S/C18H23NS/c1-14(2)20-18(16-12-8-5-9-13-16)17(19-3)15-10-6-4-7-11-15/h4-14,17-19H,1-3H3. The lowest BCUT2D eigenvalue weighted by Gasteiger charge is -2.29. The Balaban J connectivity index is 2.34. The van der Waals surface area contributed by atoms with Crippen molar-refractivity contribution in [1.29, 1.82) is 0 Å². The van der Waals surface area contributed by atoms with Crippen molar-refractivity contribution in [3.8, 4) is 0 Å². The number of likely N-dealkylation sites (N-methyl/N-ethyl adjacent to an activating group) is 1. The molecule has 1 nitrogen and oxygen atoms in total. The monoisotopic (exact) mass is 285 g/mol. The van der Waals surface area contributed by atoms with Gasteiger partial charge in [-0.2, -0.15) is 0 Å². The summed E-state index contributed by atoms with van der Waals surface area (Å²) in [5.74, 6) is 0. The van der Waals surface area contributed by atoms with Gasteiger partial charge in [-0.1, -0.05) is 74.5 Å². The van der Waals surface area contributed by atoms with Crippen LogP contribution in [-0.4, -0.2) is 12.3 Å². The summed E-state index contributed by atoms with van der Waals surface area (Å²) in [4.78, 5) is 0. The molecule has 0 aliphatic heterocycles. The number of hydrogen-bond donors (Lipinski definition) is 1. The van der Waals surface area contributed by atoms with E-state index < -0.39 is 0 Å². The molecule has 1 N–H and O–H groups in total. The van der Waals surface area contributed by atoms with Gasteiger partial charge in [-0.15, -0.1) is 11.8 Å². The van der Waals surface area contributed by atoms with E-state index in [2.05, 4.69) is 86.9 Å². The molecule has 0 amide bonds. The van der Waals surface area contributed by atoms with Crippen LogP contribution in [0.5, 0.6) is 0 Å². The van der Waals surface area contributed by atoms with Crippen LogP contribution in [0.2, 0.25) is 0 Å². The summed E-state index contributed by atoms with van der Waals surface area (Å²) in [7, 11) is 2.05. The lowest BCUT2D eigenvalue weighted by atomic mass is 9.98. The van der Waals surface area contributed by atoms with Gasteiger partial charge in [0.1, 0.15) is 0 Å². The number of hydrogen-bond acceptors (Lipinski definition) is 2. The van der Waals surface area contributed by atoms with Crippen LogP contribution < -0.4 is 5.32 Å². The van der Waals surface area contributed by atoms with Gasteiger partial charge in [-0.3, -0.25) is 0 Å². The maximum atomic E-state index is 3.50. The topological polar surface area (TPSA) is 12.0 Å². The van der Waals surface area contributed by atoms with Crippen molar-refractivity contribution in [2.75, 3.05) is 7.05 Å². The fourth-order valence-electron chi connectivity index (χ4n) is 2.44. The van der Waals surface area contributed by atoms with Crippen molar-refractivity contribution in [3.05, 3.63) is 71.8 Å². The third-order valence-corrected chi connectivity index (χ3v) is 4.70. The van der Waals surface area contributed by atoms with Gasteiger partial charge in [-0.05, 0) is 23.4 Å². The second kappa shape index (κ2) is 7.51. The second-order valence-corrected chi connectivity index (χ2v) is 6.92. The van der Waals surface area contributed by atoms with Crippen molar-refractivity contribution in [2.45, 2.75) is 30.4 Å². The summed E-state index contributed by atoms with van der Waals surface area (Å²) >= 11 is 2.02. The highest BCUT2D eigenvalue weighted by Gasteiger charge is 2.24. The van der Waals surface area contributed by atoms with E-state index in [9.17, 15) is 0 Å². The van der Waals surface area contributed by atoms with Gasteiger partial charge in [0, 0.05) is 11.3 Å². The highest BCUT2D eigenvalue weighted by molar-refractivity contribution is 8.00. The summed E-state index contributed by atoms with van der Waals surface area (Å²) < 4.78 is 0. The first-order chi connectivity index (χ1) is 9.72. The predicted octanol–water partition coefficient (Wildman–Crippen LogP) is 4.83. The quantitative estimate of drug-likeness (QED) is 0.816. The van der Waals surface area contributed by atoms with E-state index in [1.165, 1.54) is 11.1 Å². The van der Waals surface area contributed by atoms with E-state index in [1.807, 2.05) is 11.8 Å². The molecule has 0 aliphatic rings. The van der Waals surface area contributed by atoms with Gasteiger partial charge in [0.25, 0.3) is 0 Å². The number of benzene rings is 2. The lowest BCUT2D eigenvalue weighted by molar-refractivity contribution is 0.580. The number of nitrogens with one attached hydrogen (secondary N) is 1. The first kappa shape index (κ1) is 15.1. The highest BCUT2D eigenvalue weighted by Crippen LogP contribution is 2.41. The highest BCUT2D eigenvalue weighted by atomic mass is 32.2. The summed E-state index contributed by atoms with van der Waals surface area (Å²) in [6.07, 6.45) is 0. The minimum absolute atomic E-state index is 0.325. The lowest BCUT2D eigenvalue weighted by Crippen LogP contribution is -2.23. The third-order valence-electron chi connectivity index (χ3n) is 3.32. The smallest absolute Gasteiger partial charge is 0.0494 e. The van der Waals surface area contributed by atoms with Crippen LogP contribution >= 0.6 is 11.8 Å². The zero-order valence-corrected chi connectivity index (χ0v) is 13.2. The molecular weight excluding hydrogens is 262 g/mol. The van der Waals surface area contributed by atoms with E-state index in [1.54, 1.807) is 0 Å². The number of thioether (sulfide) groups is 1. The SMILES string of the molecule is CNC(c1ccccc1)C(SC(C)C)c1ccccc1. The molecule has 0 aromatic heterocycles. The second-order valence-electron chi connectivity index (χ2n) is 5.19. The van der Waals surface area contributed by atoms with Crippen molar-refractivity contribution in [2.24, 2.45) is 0 Å². The molecule has 0 radical (unpaired) electrons. The zero-order valence-electron chi connectivity index (χ0n) is 12.4. The molecule has 0 spiro atoms. The van der Waals surface area contributed by atoms with Crippen LogP contribution in [0.4, 0.5) is 0 Å². The van der Waals surface area contributed by atoms with Crippen LogP contribution in [0.15, 0.2) is 60.7 Å². The summed E-state index contributed by atoms with van der Waals surface area (Å²) in [6.45, 7) is 4.52. The fraction of sp³-hybridized carbons (Fsp3) is 0.333. The Hall–Kier alpha value is -1.25. The van der Waals surface area contributed by atoms with E-state index >= 15 is 0 Å². The molecule has 2 aromatic rings. The Morgan fingerprint density at radius 3 is 1.75 bits per heavy atom. The molecule has 0 heterocycles. The summed E-state index contributed by atoms with van der Waals surface area (Å²) in [6, 6.07) is 21.8. The predicted molar refractivity (Wildman–Crippen MR) is 90.2 cm³/mol. The average molecular weight is 285 g/mol. The molecule has 0 aliphatic carbocycles. The molecule has 2 atom stereocenters. The van der Waals surface area contributed by atoms with Gasteiger partial charge in [0.15, 0.2) is 0 Å². The van der Waals surface area contributed by atoms with Gasteiger partial charge >= 0.3 is 0 Å². The van der Waals surface area contributed by atoms with Crippen LogP contribution in [0, 0.1) is 0 Å². The maximum Gasteiger partial charge on any atom is 0.0494 e. The third kappa shape index (κ3) is 3.87. The Bertz CT molecular complexity index is 495. The molecule has 0 fully saturated rings. The van der Waals surface area contributed by atoms with Crippen LogP contribution in [-0.2, 0) is 0 Å². The van der Waals surface area contributed by atoms with Crippen molar-refractivity contribution < 1.29 is 0 Å². The van der Waals surface area contributed by atoms with Crippen LogP contribution in [0.1, 0.15) is 36.3 Å². The largest absolute Gasteiger partial charge is 0.312 e. The van der Waals surface area contributed by atoms with E-state index in [4.69, 9.17) is 0 Å². The van der Waals surface area contributed by atoms with Gasteiger partial charge in [0.05, 0.1) is 0 Å². The average Bonchev–Trinajstić information content (AvgIpc) is 2.49. The summed E-state index contributed by atoms with van der Waals surface area (Å²) in [5.41, 5.74) is 2.73. The van der Waals surface area contributed by atoms with E-state index in [0.717, 1.165) is 0 Å². The van der Waals surface area contributed by atoms with Crippen LogP contribution in [0.3, 0.4) is 0 Å². The van der Waals surface area contributed by atoms with E-state index in [-0.39, 0.29) is 0 Å². The Kier molecular flexibility index (Phi) is 5.69. The Morgan fingerprint density at radius 2 is 1.30 bits per heavy atom. The van der Waals surface area contributed by atoms with E-state index in [0.29, 0.717) is 16.5 Å². The molecule has 0 bridgehead atoms. The summed E-state index contributed by atoms with van der Waals surface area (Å²) in [5, 5.41) is 4.52. The fourth-order valence-corrected chi connectivity index (χ4v) is 3.79. The van der Waals surface area contributed by atoms with Gasteiger partial charge in [-0.25, -0.2) is 0 Å². The first-order valence-corrected chi connectivity index (χ1v) is 8.09. The molecule has 0 saturated carbocycles. The minimum Gasteiger partial charge on any atom is -0.312 e. The van der Waals surface area contributed by atoms with Crippen LogP contribution in [0.25, 0.3) is 0 Å². The Labute approximate surface area is 126 Å². The molecule has 20 heavy (non-hydrogen) atoms. The molecule has 2 unspecified atom stereocenters. The molecule has 2 aromatic carbocycles. The van der Waals surface area contributed by atoms with Crippen molar-refractivity contribution in [3.63, 3.8) is 0 Å². The van der Waals surface area contributed by atoms with Gasteiger partial charge < -0.3 is 5.32 Å². The normalized spacial score (nSPS) is 14.2.